The molecule has 2 aliphatic rings. The summed E-state index contributed by atoms with van der Waals surface area (Å²) in [6, 6.07) is 2.39. The van der Waals surface area contributed by atoms with Crippen LogP contribution in [0, 0.1) is 17.8 Å². The molecular formula is C17H22N2OS. The molecule has 112 valence electrons. The maximum absolute atomic E-state index is 12.9. The van der Waals surface area contributed by atoms with Gasteiger partial charge < -0.3 is 10.6 Å². The van der Waals surface area contributed by atoms with Gasteiger partial charge in [0.05, 0.1) is 6.54 Å². The predicted molar refractivity (Wildman–Crippen MR) is 86.3 cm³/mol. The minimum atomic E-state index is 0.183. The second kappa shape index (κ2) is 6.64. The summed E-state index contributed by atoms with van der Waals surface area (Å²) in [4.78, 5) is 15.9. The monoisotopic (exact) mass is 302 g/mol. The molecule has 0 spiro atoms. The number of thiophene rings is 1. The van der Waals surface area contributed by atoms with Gasteiger partial charge in [-0.25, -0.2) is 0 Å². The largest absolute Gasteiger partial charge is 0.335 e. The highest BCUT2D eigenvalue weighted by atomic mass is 32.1. The third kappa shape index (κ3) is 3.00. The third-order valence-electron chi connectivity index (χ3n) is 4.69. The second-order valence-corrected chi connectivity index (χ2v) is 6.84. The maximum atomic E-state index is 12.9. The van der Waals surface area contributed by atoms with E-state index in [1.54, 1.807) is 0 Å². The summed E-state index contributed by atoms with van der Waals surface area (Å²) in [5, 5.41) is 1.95. The van der Waals surface area contributed by atoms with Crippen LogP contribution in [0.15, 0.2) is 11.4 Å². The predicted octanol–water partition coefficient (Wildman–Crippen LogP) is 2.85. The number of hydrogen-bond donors (Lipinski definition) is 1. The van der Waals surface area contributed by atoms with Gasteiger partial charge in [0, 0.05) is 18.2 Å². The summed E-state index contributed by atoms with van der Waals surface area (Å²) in [7, 11) is 0. The van der Waals surface area contributed by atoms with Crippen LogP contribution in [0.5, 0.6) is 0 Å². The molecule has 2 heterocycles. The number of carbonyl (C=O) groups is 1. The van der Waals surface area contributed by atoms with Gasteiger partial charge in [0.1, 0.15) is 4.88 Å². The number of rotatable bonds is 1. The average molecular weight is 302 g/mol. The quantitative estimate of drug-likeness (QED) is 0.811. The van der Waals surface area contributed by atoms with Crippen LogP contribution in [-0.2, 0) is 0 Å². The average Bonchev–Trinajstić information content (AvgIpc) is 3.00. The van der Waals surface area contributed by atoms with Crippen molar-refractivity contribution in [2.24, 2.45) is 11.7 Å². The molecule has 21 heavy (non-hydrogen) atoms. The zero-order valence-electron chi connectivity index (χ0n) is 12.3. The number of hydrogen-bond acceptors (Lipinski definition) is 3. The van der Waals surface area contributed by atoms with Gasteiger partial charge in [0.2, 0.25) is 0 Å². The van der Waals surface area contributed by atoms with Gasteiger partial charge in [-0.05, 0) is 43.0 Å². The smallest absolute Gasteiger partial charge is 0.265 e. The van der Waals surface area contributed by atoms with E-state index in [9.17, 15) is 4.79 Å². The Hall–Kier alpha value is -1.31. The Labute approximate surface area is 130 Å². The number of nitrogens with zero attached hydrogens (tertiary/aromatic N) is 1. The van der Waals surface area contributed by atoms with Gasteiger partial charge in [-0.2, -0.15) is 0 Å². The maximum Gasteiger partial charge on any atom is 0.265 e. The number of carbonyl (C=O) groups excluding carboxylic acids is 1. The Balaban J connectivity index is 1.82. The van der Waals surface area contributed by atoms with Crippen molar-refractivity contribution < 1.29 is 4.79 Å². The molecule has 0 aromatic carbocycles. The molecule has 2 N–H and O–H groups in total. The fourth-order valence-electron chi connectivity index (χ4n) is 3.73. The molecule has 4 heteroatoms. The van der Waals surface area contributed by atoms with Gasteiger partial charge in [-0.3, -0.25) is 4.79 Å². The second-order valence-electron chi connectivity index (χ2n) is 5.92. The Morgan fingerprint density at radius 3 is 3.00 bits per heavy atom. The number of fused-ring (bicyclic) bond motifs is 1. The molecule has 1 aromatic heterocycles. The van der Waals surface area contributed by atoms with Crippen molar-refractivity contribution in [1.29, 1.82) is 0 Å². The summed E-state index contributed by atoms with van der Waals surface area (Å²) in [6.07, 6.45) is 7.48. The van der Waals surface area contributed by atoms with Crippen LogP contribution < -0.4 is 5.73 Å². The Morgan fingerprint density at radius 1 is 1.33 bits per heavy atom. The molecule has 1 aliphatic carbocycles. The molecule has 2 atom stereocenters. The molecule has 0 bridgehead atoms. The van der Waals surface area contributed by atoms with Crippen LogP contribution in [0.2, 0.25) is 0 Å². The summed E-state index contributed by atoms with van der Waals surface area (Å²) < 4.78 is 0. The van der Waals surface area contributed by atoms with Crippen LogP contribution in [0.1, 0.15) is 53.8 Å². The van der Waals surface area contributed by atoms with Crippen molar-refractivity contribution >= 4 is 17.2 Å². The summed E-state index contributed by atoms with van der Waals surface area (Å²) >= 11 is 1.51. The fraction of sp³-hybridized carbons (Fsp3) is 0.588. The first kappa shape index (κ1) is 14.6. The molecule has 1 amide bonds. The number of nitrogens with two attached hydrogens (primary N) is 1. The molecule has 1 saturated heterocycles. The minimum Gasteiger partial charge on any atom is -0.335 e. The van der Waals surface area contributed by atoms with Gasteiger partial charge in [0.15, 0.2) is 0 Å². The van der Waals surface area contributed by atoms with E-state index in [-0.39, 0.29) is 5.91 Å². The van der Waals surface area contributed by atoms with Crippen molar-refractivity contribution in [3.63, 3.8) is 0 Å². The molecular weight excluding hydrogens is 280 g/mol. The van der Waals surface area contributed by atoms with E-state index in [1.807, 2.05) is 11.4 Å². The highest BCUT2D eigenvalue weighted by Gasteiger charge is 2.36. The van der Waals surface area contributed by atoms with Crippen LogP contribution in [0.25, 0.3) is 0 Å². The van der Waals surface area contributed by atoms with E-state index >= 15 is 0 Å². The van der Waals surface area contributed by atoms with E-state index in [2.05, 4.69) is 16.7 Å². The van der Waals surface area contributed by atoms with E-state index in [0.717, 1.165) is 29.3 Å². The first-order valence-corrected chi connectivity index (χ1v) is 8.76. The number of likely N-dealkylation sites (tertiary alicyclic amines) is 1. The summed E-state index contributed by atoms with van der Waals surface area (Å²) in [5.41, 5.74) is 6.28. The molecule has 3 nitrogen and oxygen atoms in total. The van der Waals surface area contributed by atoms with Crippen molar-refractivity contribution in [1.82, 2.24) is 4.90 Å². The lowest BCUT2D eigenvalue weighted by molar-refractivity contribution is 0.0395. The van der Waals surface area contributed by atoms with Gasteiger partial charge in [-0.1, -0.05) is 24.7 Å². The van der Waals surface area contributed by atoms with Crippen molar-refractivity contribution in [2.45, 2.75) is 44.6 Å². The molecule has 0 radical (unpaired) electrons. The first-order valence-electron chi connectivity index (χ1n) is 7.88. The van der Waals surface area contributed by atoms with Crippen LogP contribution in [-0.4, -0.2) is 29.9 Å². The lowest BCUT2D eigenvalue weighted by atomic mass is 9.78. The molecule has 1 saturated carbocycles. The Kier molecular flexibility index (Phi) is 4.62. The van der Waals surface area contributed by atoms with E-state index in [0.29, 0.717) is 12.6 Å². The summed E-state index contributed by atoms with van der Waals surface area (Å²) in [6.45, 7) is 1.24. The lowest BCUT2D eigenvalue weighted by Crippen LogP contribution is -2.49. The molecule has 1 aliphatic heterocycles. The Morgan fingerprint density at radius 2 is 2.14 bits per heavy atom. The van der Waals surface area contributed by atoms with Crippen LogP contribution in [0.4, 0.5) is 0 Å². The Bertz CT molecular complexity index is 567. The molecule has 2 fully saturated rings. The highest BCUT2D eigenvalue weighted by Crippen LogP contribution is 2.36. The lowest BCUT2D eigenvalue weighted by Gasteiger charge is -2.44. The van der Waals surface area contributed by atoms with Crippen LogP contribution >= 0.6 is 11.3 Å². The van der Waals surface area contributed by atoms with Crippen molar-refractivity contribution in [2.75, 3.05) is 13.1 Å². The highest BCUT2D eigenvalue weighted by molar-refractivity contribution is 7.12. The van der Waals surface area contributed by atoms with Crippen molar-refractivity contribution in [3.8, 4) is 11.8 Å². The zero-order chi connectivity index (χ0) is 14.7. The normalized spacial score (nSPS) is 24.9. The first-order chi connectivity index (χ1) is 10.3. The molecule has 2 unspecified atom stereocenters. The number of piperidine rings is 1. The van der Waals surface area contributed by atoms with Crippen LogP contribution in [0.3, 0.4) is 0 Å². The SMILES string of the molecule is NCC#Cc1ccsc1C(=O)N1CCCC2CCCCC21. The van der Waals surface area contributed by atoms with Gasteiger partial charge >= 0.3 is 0 Å². The van der Waals surface area contributed by atoms with Crippen molar-refractivity contribution in [3.05, 3.63) is 21.9 Å². The van der Waals surface area contributed by atoms with Gasteiger partial charge in [0.25, 0.3) is 5.91 Å². The zero-order valence-corrected chi connectivity index (χ0v) is 13.1. The molecule has 1 aromatic rings. The van der Waals surface area contributed by atoms with E-state index in [4.69, 9.17) is 5.73 Å². The van der Waals surface area contributed by atoms with E-state index in [1.165, 1.54) is 43.4 Å². The standard InChI is InChI=1S/C17H22N2OS/c18-10-3-6-14-9-12-21-16(14)17(20)19-11-4-7-13-5-1-2-8-15(13)19/h9,12-13,15H,1-2,4-5,7-8,10-11,18H2. The minimum absolute atomic E-state index is 0.183. The van der Waals surface area contributed by atoms with E-state index < -0.39 is 0 Å². The number of amides is 1. The van der Waals surface area contributed by atoms with Gasteiger partial charge in [-0.15, -0.1) is 11.3 Å². The third-order valence-corrected chi connectivity index (χ3v) is 5.59. The molecule has 3 rings (SSSR count). The summed E-state index contributed by atoms with van der Waals surface area (Å²) in [5.74, 6) is 6.79. The fourth-order valence-corrected chi connectivity index (χ4v) is 4.53. The topological polar surface area (TPSA) is 46.3 Å².